The first kappa shape index (κ1) is 14.9. The van der Waals surface area contributed by atoms with E-state index < -0.39 is 0 Å². The van der Waals surface area contributed by atoms with Crippen LogP contribution in [0.25, 0.3) is 0 Å². The van der Waals surface area contributed by atoms with E-state index in [0.717, 1.165) is 12.6 Å². The maximum Gasteiger partial charge on any atom is 0.0462 e. The minimum Gasteiger partial charge on any atom is -0.385 e. The summed E-state index contributed by atoms with van der Waals surface area (Å²) in [6.07, 6.45) is 7.81. The lowest BCUT2D eigenvalue weighted by Gasteiger charge is -2.18. The highest BCUT2D eigenvalue weighted by Crippen LogP contribution is 2.10. The third-order valence-corrected chi connectivity index (χ3v) is 3.73. The monoisotopic (exact) mass is 242 g/mol. The van der Waals surface area contributed by atoms with Crippen LogP contribution in [0, 0.1) is 0 Å². The van der Waals surface area contributed by atoms with Crippen molar-refractivity contribution in [2.75, 3.05) is 39.9 Å². The van der Waals surface area contributed by atoms with Crippen LogP contribution >= 0.6 is 0 Å². The Balaban J connectivity index is 1.99. The van der Waals surface area contributed by atoms with Crippen LogP contribution in [0.15, 0.2) is 0 Å². The number of unbranched alkanes of at least 4 members (excludes halogenated alkanes) is 2. The molecule has 0 spiro atoms. The topological polar surface area (TPSA) is 24.5 Å². The molecular formula is C14H30N2O. The van der Waals surface area contributed by atoms with E-state index in [2.05, 4.69) is 17.1 Å². The van der Waals surface area contributed by atoms with Gasteiger partial charge >= 0.3 is 0 Å². The van der Waals surface area contributed by atoms with E-state index in [1.165, 1.54) is 64.7 Å². The van der Waals surface area contributed by atoms with Crippen molar-refractivity contribution >= 4 is 0 Å². The van der Waals surface area contributed by atoms with E-state index in [1.54, 1.807) is 7.11 Å². The van der Waals surface area contributed by atoms with Crippen LogP contribution in [0.2, 0.25) is 0 Å². The molecule has 0 radical (unpaired) electrons. The van der Waals surface area contributed by atoms with Gasteiger partial charge in [0.25, 0.3) is 0 Å². The Morgan fingerprint density at radius 1 is 1.18 bits per heavy atom. The highest BCUT2D eigenvalue weighted by atomic mass is 16.5. The number of methoxy groups -OCH3 is 1. The molecule has 0 aromatic heterocycles. The molecule has 0 bridgehead atoms. The number of hydrogen-bond donors (Lipinski definition) is 1. The van der Waals surface area contributed by atoms with Gasteiger partial charge in [-0.3, -0.25) is 0 Å². The van der Waals surface area contributed by atoms with Gasteiger partial charge in [0.15, 0.2) is 0 Å². The van der Waals surface area contributed by atoms with Crippen molar-refractivity contribution in [3.8, 4) is 0 Å². The molecular weight excluding hydrogens is 212 g/mol. The van der Waals surface area contributed by atoms with Gasteiger partial charge in [0.2, 0.25) is 0 Å². The smallest absolute Gasteiger partial charge is 0.0462 e. The zero-order chi connectivity index (χ0) is 12.3. The predicted octanol–water partition coefficient (Wildman–Crippen LogP) is 2.27. The summed E-state index contributed by atoms with van der Waals surface area (Å²) in [6, 6.07) is 0.758. The molecule has 1 fully saturated rings. The SMILES string of the molecule is CCN1CCCC(NCCCCCOC)CC1. The number of ether oxygens (including phenoxy) is 1. The molecule has 1 aliphatic rings. The third-order valence-electron chi connectivity index (χ3n) is 3.73. The lowest BCUT2D eigenvalue weighted by molar-refractivity contribution is 0.192. The van der Waals surface area contributed by atoms with E-state index in [4.69, 9.17) is 4.74 Å². The van der Waals surface area contributed by atoms with E-state index in [-0.39, 0.29) is 0 Å². The molecule has 1 saturated heterocycles. The Morgan fingerprint density at radius 2 is 2.06 bits per heavy atom. The standard InChI is InChI=1S/C14H30N2O/c1-3-16-11-7-8-14(9-12-16)15-10-5-4-6-13-17-2/h14-15H,3-13H2,1-2H3. The molecule has 1 heterocycles. The second-order valence-electron chi connectivity index (χ2n) is 5.07. The van der Waals surface area contributed by atoms with Crippen LogP contribution in [0.4, 0.5) is 0 Å². The van der Waals surface area contributed by atoms with E-state index in [0.29, 0.717) is 0 Å². The van der Waals surface area contributed by atoms with Gasteiger partial charge in [0.05, 0.1) is 0 Å². The second-order valence-corrected chi connectivity index (χ2v) is 5.07. The summed E-state index contributed by atoms with van der Waals surface area (Å²) in [4.78, 5) is 2.57. The van der Waals surface area contributed by atoms with Gasteiger partial charge in [-0.05, 0) is 64.7 Å². The summed E-state index contributed by atoms with van der Waals surface area (Å²) < 4.78 is 5.05. The van der Waals surface area contributed by atoms with Crippen LogP contribution < -0.4 is 5.32 Å². The number of hydrogen-bond acceptors (Lipinski definition) is 3. The van der Waals surface area contributed by atoms with Crippen LogP contribution in [0.1, 0.15) is 45.4 Å². The minimum atomic E-state index is 0.758. The van der Waals surface area contributed by atoms with Gasteiger partial charge in [0, 0.05) is 19.8 Å². The van der Waals surface area contributed by atoms with Crippen LogP contribution in [0.5, 0.6) is 0 Å². The van der Waals surface area contributed by atoms with Crippen LogP contribution in [-0.2, 0) is 4.74 Å². The first-order chi connectivity index (χ1) is 8.36. The van der Waals surface area contributed by atoms with Crippen molar-refractivity contribution < 1.29 is 4.74 Å². The number of nitrogens with one attached hydrogen (secondary N) is 1. The highest BCUT2D eigenvalue weighted by Gasteiger charge is 2.14. The summed E-state index contributed by atoms with van der Waals surface area (Å²) in [5.74, 6) is 0. The van der Waals surface area contributed by atoms with Crippen molar-refractivity contribution in [3.05, 3.63) is 0 Å². The quantitative estimate of drug-likeness (QED) is 0.661. The summed E-state index contributed by atoms with van der Waals surface area (Å²) in [7, 11) is 1.78. The molecule has 1 aliphatic heterocycles. The fourth-order valence-corrected chi connectivity index (χ4v) is 2.53. The average Bonchev–Trinajstić information content (AvgIpc) is 2.59. The first-order valence-electron chi connectivity index (χ1n) is 7.31. The van der Waals surface area contributed by atoms with Gasteiger partial charge in [-0.15, -0.1) is 0 Å². The van der Waals surface area contributed by atoms with Crippen molar-refractivity contribution in [2.45, 2.75) is 51.5 Å². The summed E-state index contributed by atoms with van der Waals surface area (Å²) in [5.41, 5.74) is 0. The van der Waals surface area contributed by atoms with E-state index in [9.17, 15) is 0 Å². The Kier molecular flexibility index (Phi) is 8.67. The molecule has 0 aromatic carbocycles. The lowest BCUT2D eigenvalue weighted by atomic mass is 10.1. The molecule has 1 N–H and O–H groups in total. The predicted molar refractivity (Wildman–Crippen MR) is 73.5 cm³/mol. The highest BCUT2D eigenvalue weighted by molar-refractivity contribution is 4.74. The fourth-order valence-electron chi connectivity index (χ4n) is 2.53. The Bertz CT molecular complexity index is 176. The molecule has 0 aromatic rings. The average molecular weight is 242 g/mol. The normalized spacial score (nSPS) is 22.6. The minimum absolute atomic E-state index is 0.758. The second kappa shape index (κ2) is 9.86. The molecule has 1 atom stereocenters. The largest absolute Gasteiger partial charge is 0.385 e. The molecule has 3 nitrogen and oxygen atoms in total. The molecule has 0 aliphatic carbocycles. The third kappa shape index (κ3) is 7.02. The number of rotatable bonds is 8. The molecule has 17 heavy (non-hydrogen) atoms. The van der Waals surface area contributed by atoms with E-state index in [1.807, 2.05) is 0 Å². The Labute approximate surface area is 107 Å². The van der Waals surface area contributed by atoms with Gasteiger partial charge in [-0.1, -0.05) is 6.92 Å². The zero-order valence-electron chi connectivity index (χ0n) is 11.7. The van der Waals surface area contributed by atoms with E-state index >= 15 is 0 Å². The van der Waals surface area contributed by atoms with Crippen molar-refractivity contribution in [2.24, 2.45) is 0 Å². The summed E-state index contributed by atoms with van der Waals surface area (Å²) in [5, 5.41) is 3.72. The first-order valence-corrected chi connectivity index (χ1v) is 7.31. The van der Waals surface area contributed by atoms with Gasteiger partial charge < -0.3 is 15.0 Å². The molecule has 1 unspecified atom stereocenters. The van der Waals surface area contributed by atoms with Crippen molar-refractivity contribution in [1.82, 2.24) is 10.2 Å². The molecule has 0 amide bonds. The number of nitrogens with zero attached hydrogens (tertiary/aromatic N) is 1. The lowest BCUT2D eigenvalue weighted by Crippen LogP contribution is -2.31. The number of likely N-dealkylation sites (tertiary alicyclic amines) is 1. The molecule has 0 saturated carbocycles. The van der Waals surface area contributed by atoms with Crippen LogP contribution in [-0.4, -0.2) is 50.8 Å². The maximum absolute atomic E-state index is 5.05. The van der Waals surface area contributed by atoms with Crippen molar-refractivity contribution in [1.29, 1.82) is 0 Å². The fraction of sp³-hybridized carbons (Fsp3) is 1.00. The van der Waals surface area contributed by atoms with Gasteiger partial charge in [-0.25, -0.2) is 0 Å². The van der Waals surface area contributed by atoms with Crippen molar-refractivity contribution in [3.63, 3.8) is 0 Å². The molecule has 3 heteroatoms. The Morgan fingerprint density at radius 3 is 2.82 bits per heavy atom. The Hall–Kier alpha value is -0.120. The maximum atomic E-state index is 5.05. The van der Waals surface area contributed by atoms with Gasteiger partial charge in [0.1, 0.15) is 0 Å². The van der Waals surface area contributed by atoms with Gasteiger partial charge in [-0.2, -0.15) is 0 Å². The zero-order valence-corrected chi connectivity index (χ0v) is 11.7. The van der Waals surface area contributed by atoms with Crippen LogP contribution in [0.3, 0.4) is 0 Å². The molecule has 1 rings (SSSR count). The summed E-state index contributed by atoms with van der Waals surface area (Å²) in [6.45, 7) is 8.14. The molecule has 102 valence electrons. The summed E-state index contributed by atoms with van der Waals surface area (Å²) >= 11 is 0.